The van der Waals surface area contributed by atoms with E-state index in [-0.39, 0.29) is 5.78 Å². The van der Waals surface area contributed by atoms with Crippen molar-refractivity contribution in [1.82, 2.24) is 19.7 Å². The minimum Gasteiger partial charge on any atom is -0.447 e. The fourth-order valence-electron chi connectivity index (χ4n) is 4.04. The molecule has 0 bridgehead atoms. The van der Waals surface area contributed by atoms with E-state index in [0.717, 1.165) is 30.3 Å². The molecule has 0 N–H and O–H groups in total. The highest BCUT2D eigenvalue weighted by atomic mass is 16.5. The van der Waals surface area contributed by atoms with Crippen LogP contribution in [0.25, 0.3) is 28.2 Å². The third-order valence-electron chi connectivity index (χ3n) is 6.43. The van der Waals surface area contributed by atoms with Crippen LogP contribution in [0.15, 0.2) is 53.2 Å². The van der Waals surface area contributed by atoms with Crippen molar-refractivity contribution in [3.8, 4) is 17.1 Å². The van der Waals surface area contributed by atoms with E-state index in [1.165, 1.54) is 6.42 Å². The molecule has 2 saturated heterocycles. The third-order valence-corrected chi connectivity index (χ3v) is 6.43. The lowest BCUT2D eigenvalue weighted by atomic mass is 10.1. The normalized spacial score (nSPS) is 15.9. The second-order valence-corrected chi connectivity index (χ2v) is 8.90. The Morgan fingerprint density at radius 3 is 2.44 bits per heavy atom. The van der Waals surface area contributed by atoms with E-state index >= 15 is 0 Å². The van der Waals surface area contributed by atoms with Gasteiger partial charge in [0.1, 0.15) is 5.52 Å². The number of anilines is 1. The molecule has 6 rings (SSSR count). The summed E-state index contributed by atoms with van der Waals surface area (Å²) in [5.74, 6) is 2.23. The third kappa shape index (κ3) is 5.17. The number of benzene rings is 1. The summed E-state index contributed by atoms with van der Waals surface area (Å²) in [6.45, 7) is 8.64. The highest BCUT2D eigenvalue weighted by Crippen LogP contribution is 2.29. The molecule has 0 radical (unpaired) electrons. The quantitative estimate of drug-likeness (QED) is 0.364. The molecule has 0 amide bonds. The monoisotopic (exact) mass is 489 g/mol. The molecule has 0 atom stereocenters. The first-order valence-electron chi connectivity index (χ1n) is 12.5. The van der Waals surface area contributed by atoms with Crippen molar-refractivity contribution >= 4 is 22.7 Å². The molecular weight excluding hydrogens is 458 g/mol. The van der Waals surface area contributed by atoms with Gasteiger partial charge in [0.2, 0.25) is 0 Å². The van der Waals surface area contributed by atoms with E-state index in [4.69, 9.17) is 18.9 Å². The maximum Gasteiger partial charge on any atom is 0.253 e. The molecule has 0 spiro atoms. The van der Waals surface area contributed by atoms with Gasteiger partial charge < -0.3 is 18.8 Å². The van der Waals surface area contributed by atoms with Gasteiger partial charge in [0, 0.05) is 43.3 Å². The van der Waals surface area contributed by atoms with Crippen molar-refractivity contribution < 1.29 is 18.7 Å². The zero-order chi connectivity index (χ0) is 24.9. The van der Waals surface area contributed by atoms with Gasteiger partial charge in [0.05, 0.1) is 32.6 Å². The van der Waals surface area contributed by atoms with Gasteiger partial charge in [-0.2, -0.15) is 10.1 Å². The fraction of sp³-hybridized carbons (Fsp3) is 0.407. The minimum absolute atomic E-state index is 0.0621. The first-order valence-corrected chi connectivity index (χ1v) is 12.5. The van der Waals surface area contributed by atoms with Crippen LogP contribution in [-0.2, 0) is 9.47 Å². The Morgan fingerprint density at radius 2 is 1.81 bits per heavy atom. The molecule has 3 aromatic heterocycles. The zero-order valence-corrected chi connectivity index (χ0v) is 20.7. The van der Waals surface area contributed by atoms with E-state index in [0.29, 0.717) is 61.4 Å². The maximum atomic E-state index is 12.2. The Balaban J connectivity index is 0.000000391. The number of furan rings is 1. The van der Waals surface area contributed by atoms with Crippen LogP contribution in [0.1, 0.15) is 37.2 Å². The smallest absolute Gasteiger partial charge is 0.253 e. The molecule has 0 aliphatic carbocycles. The van der Waals surface area contributed by atoms with Crippen molar-refractivity contribution in [2.45, 2.75) is 26.7 Å². The lowest BCUT2D eigenvalue weighted by molar-refractivity contribution is -0.0331. The van der Waals surface area contributed by atoms with Crippen LogP contribution in [0.2, 0.25) is 0 Å². The van der Waals surface area contributed by atoms with Crippen LogP contribution in [-0.4, -0.2) is 65.0 Å². The highest BCUT2D eigenvalue weighted by Gasteiger charge is 2.23. The Kier molecular flexibility index (Phi) is 7.39. The molecular formula is C27H31N5O4. The molecule has 4 aromatic rings. The van der Waals surface area contributed by atoms with E-state index in [2.05, 4.69) is 21.9 Å². The average molecular weight is 490 g/mol. The van der Waals surface area contributed by atoms with E-state index in [9.17, 15) is 4.79 Å². The standard InChI is InChI=1S/C22H21N5O3.C5H10O/c1-2-18(28)19-12-17-20(30-19)21(26-8-10-29-11-9-26)25-22(24-17)27-14-16(13-23-27)15-6-4-3-5-7-15;1-2-5-3-6-4-5/h3-7,12-14H,2,8-11H2,1H3;5H,2-4H2,1H3. The van der Waals surface area contributed by atoms with Gasteiger partial charge in [-0.25, -0.2) is 9.67 Å². The van der Waals surface area contributed by atoms with E-state index < -0.39 is 0 Å². The summed E-state index contributed by atoms with van der Waals surface area (Å²) in [5, 5.41) is 4.46. The first-order chi connectivity index (χ1) is 17.7. The van der Waals surface area contributed by atoms with Crippen molar-refractivity contribution in [2.75, 3.05) is 44.4 Å². The number of rotatable bonds is 6. The number of Topliss-reactive ketones (excluding diaryl/α,β-unsaturated/α-hetero) is 1. The van der Waals surface area contributed by atoms with Crippen LogP contribution in [0.4, 0.5) is 5.82 Å². The summed E-state index contributed by atoms with van der Waals surface area (Å²) in [6.07, 6.45) is 5.35. The maximum absolute atomic E-state index is 12.2. The lowest BCUT2D eigenvalue weighted by Crippen LogP contribution is -2.37. The SMILES string of the molecule is CCC(=O)c1cc2nc(-n3cc(-c4ccccc4)cn3)nc(N3CCOCC3)c2o1.CCC1COC1. The number of aromatic nitrogens is 4. The summed E-state index contributed by atoms with van der Waals surface area (Å²) >= 11 is 0. The number of carbonyl (C=O) groups is 1. The fourth-order valence-corrected chi connectivity index (χ4v) is 4.04. The molecule has 0 unspecified atom stereocenters. The molecule has 1 aromatic carbocycles. The predicted octanol–water partition coefficient (Wildman–Crippen LogP) is 4.55. The molecule has 9 nitrogen and oxygen atoms in total. The Hall–Kier alpha value is -3.56. The molecule has 9 heteroatoms. The Bertz CT molecular complexity index is 1300. The van der Waals surface area contributed by atoms with E-state index in [1.807, 2.05) is 43.5 Å². The van der Waals surface area contributed by atoms with Crippen LogP contribution in [0.3, 0.4) is 0 Å². The molecule has 2 fully saturated rings. The lowest BCUT2D eigenvalue weighted by Gasteiger charge is -2.27. The average Bonchev–Trinajstić information content (AvgIpc) is 3.56. The van der Waals surface area contributed by atoms with Crippen molar-refractivity contribution in [1.29, 1.82) is 0 Å². The zero-order valence-electron chi connectivity index (χ0n) is 20.7. The van der Waals surface area contributed by atoms with Crippen LogP contribution in [0.5, 0.6) is 0 Å². The molecule has 36 heavy (non-hydrogen) atoms. The molecule has 2 aliphatic heterocycles. The molecule has 188 valence electrons. The number of ketones is 1. The molecule has 5 heterocycles. The summed E-state index contributed by atoms with van der Waals surface area (Å²) in [4.78, 5) is 23.7. The van der Waals surface area contributed by atoms with Crippen molar-refractivity contribution in [3.63, 3.8) is 0 Å². The van der Waals surface area contributed by atoms with Crippen LogP contribution >= 0.6 is 0 Å². The van der Waals surface area contributed by atoms with Gasteiger partial charge in [-0.05, 0) is 12.0 Å². The second-order valence-electron chi connectivity index (χ2n) is 8.90. The summed E-state index contributed by atoms with van der Waals surface area (Å²) in [7, 11) is 0. The summed E-state index contributed by atoms with van der Waals surface area (Å²) < 4.78 is 17.9. The topological polar surface area (TPSA) is 95.5 Å². The number of hydrogen-bond donors (Lipinski definition) is 0. The molecule has 2 aliphatic rings. The van der Waals surface area contributed by atoms with Gasteiger partial charge in [0.25, 0.3) is 5.95 Å². The molecule has 0 saturated carbocycles. The van der Waals surface area contributed by atoms with Gasteiger partial charge in [-0.1, -0.05) is 44.2 Å². The Morgan fingerprint density at radius 1 is 1.03 bits per heavy atom. The number of nitrogens with zero attached hydrogens (tertiary/aromatic N) is 5. The van der Waals surface area contributed by atoms with E-state index in [1.54, 1.807) is 16.9 Å². The first kappa shape index (κ1) is 24.1. The summed E-state index contributed by atoms with van der Waals surface area (Å²) in [5.41, 5.74) is 3.15. The minimum atomic E-state index is -0.0621. The number of ether oxygens (including phenoxy) is 2. The number of hydrogen-bond acceptors (Lipinski definition) is 8. The van der Waals surface area contributed by atoms with Crippen LogP contribution < -0.4 is 4.90 Å². The Labute approximate surface area is 210 Å². The van der Waals surface area contributed by atoms with Gasteiger partial charge in [-0.15, -0.1) is 0 Å². The van der Waals surface area contributed by atoms with Crippen molar-refractivity contribution in [2.24, 2.45) is 5.92 Å². The number of fused-ring (bicyclic) bond motifs is 1. The van der Waals surface area contributed by atoms with Gasteiger partial charge in [-0.3, -0.25) is 4.79 Å². The van der Waals surface area contributed by atoms with Crippen LogP contribution in [0, 0.1) is 5.92 Å². The number of morpholine rings is 1. The highest BCUT2D eigenvalue weighted by molar-refractivity contribution is 5.98. The number of carbonyl (C=O) groups excluding carboxylic acids is 1. The van der Waals surface area contributed by atoms with Crippen molar-refractivity contribution in [3.05, 3.63) is 54.6 Å². The summed E-state index contributed by atoms with van der Waals surface area (Å²) in [6, 6.07) is 11.7. The van der Waals surface area contributed by atoms with Gasteiger partial charge >= 0.3 is 0 Å². The largest absolute Gasteiger partial charge is 0.447 e. The predicted molar refractivity (Wildman–Crippen MR) is 137 cm³/mol. The van der Waals surface area contributed by atoms with Gasteiger partial charge in [0.15, 0.2) is 22.9 Å². The second kappa shape index (κ2) is 11.0.